The zero-order valence-electron chi connectivity index (χ0n) is 12.2. The predicted molar refractivity (Wildman–Crippen MR) is 82.1 cm³/mol. The lowest BCUT2D eigenvalue weighted by Gasteiger charge is -2.18. The van der Waals surface area contributed by atoms with Crippen molar-refractivity contribution in [3.8, 4) is 5.75 Å². The Morgan fingerprint density at radius 3 is 2.75 bits per heavy atom. The van der Waals surface area contributed by atoms with Gasteiger partial charge in [-0.3, -0.25) is 0 Å². The van der Waals surface area contributed by atoms with Crippen LogP contribution in [0.15, 0.2) is 24.3 Å². The highest BCUT2D eigenvalue weighted by atomic mass is 32.1. The Balaban J connectivity index is 2.32. The zero-order chi connectivity index (χ0) is 14.5. The summed E-state index contributed by atoms with van der Waals surface area (Å²) in [4.78, 5) is 1.03. The Morgan fingerprint density at radius 1 is 1.30 bits per heavy atom. The Morgan fingerprint density at radius 2 is 2.05 bits per heavy atom. The molecule has 1 aromatic heterocycles. The van der Waals surface area contributed by atoms with Crippen molar-refractivity contribution in [2.24, 2.45) is 5.73 Å². The van der Waals surface area contributed by atoms with Crippen LogP contribution in [0.25, 0.3) is 0 Å². The fraction of sp³-hybridized carbons (Fsp3) is 0.467. The first kappa shape index (κ1) is 14.9. The molecule has 0 fully saturated rings. The predicted octanol–water partition coefficient (Wildman–Crippen LogP) is 3.33. The molecule has 0 aliphatic carbocycles. The highest BCUT2D eigenvalue weighted by molar-refractivity contribution is 7.05. The molecule has 20 heavy (non-hydrogen) atoms. The molecule has 0 aliphatic rings. The smallest absolute Gasteiger partial charge is 0.124 e. The van der Waals surface area contributed by atoms with Gasteiger partial charge in [-0.25, -0.2) is 0 Å². The van der Waals surface area contributed by atoms with E-state index in [1.807, 2.05) is 38.1 Å². The number of nitrogens with zero attached hydrogens (tertiary/aromatic N) is 2. The third-order valence-corrected chi connectivity index (χ3v) is 3.82. The lowest BCUT2D eigenvalue weighted by atomic mass is 10.0. The lowest BCUT2D eigenvalue weighted by molar-refractivity contribution is 0.239. The molecule has 0 amide bonds. The van der Waals surface area contributed by atoms with Gasteiger partial charge in [-0.15, -0.1) is 5.10 Å². The summed E-state index contributed by atoms with van der Waals surface area (Å²) >= 11 is 1.38. The van der Waals surface area contributed by atoms with Crippen molar-refractivity contribution in [2.45, 2.75) is 45.8 Å². The molecule has 0 bridgehead atoms. The second kappa shape index (κ2) is 6.81. The number of aromatic nitrogens is 2. The zero-order valence-corrected chi connectivity index (χ0v) is 13.0. The van der Waals surface area contributed by atoms with Crippen molar-refractivity contribution < 1.29 is 4.74 Å². The van der Waals surface area contributed by atoms with Crippen LogP contribution in [0.1, 0.15) is 49.4 Å². The third kappa shape index (κ3) is 3.35. The fourth-order valence-corrected chi connectivity index (χ4v) is 2.82. The molecular weight excluding hydrogens is 270 g/mol. The SMILES string of the molecule is CCCc1nnsc1C(N)c1ccccc1OC(C)C. The maximum absolute atomic E-state index is 6.42. The number of benzene rings is 1. The van der Waals surface area contributed by atoms with Crippen LogP contribution in [0, 0.1) is 0 Å². The monoisotopic (exact) mass is 291 g/mol. The Hall–Kier alpha value is -1.46. The van der Waals surface area contributed by atoms with Gasteiger partial charge in [-0.1, -0.05) is 36.0 Å². The average Bonchev–Trinajstić information content (AvgIpc) is 2.86. The number of nitrogens with two attached hydrogens (primary N) is 1. The molecule has 5 heteroatoms. The van der Waals surface area contributed by atoms with Crippen LogP contribution >= 0.6 is 11.5 Å². The van der Waals surface area contributed by atoms with Crippen molar-refractivity contribution in [3.05, 3.63) is 40.4 Å². The van der Waals surface area contributed by atoms with E-state index < -0.39 is 0 Å². The highest BCUT2D eigenvalue weighted by Crippen LogP contribution is 2.32. The molecule has 0 saturated heterocycles. The van der Waals surface area contributed by atoms with Crippen LogP contribution in [0.2, 0.25) is 0 Å². The van der Waals surface area contributed by atoms with Gasteiger partial charge in [0.2, 0.25) is 0 Å². The number of para-hydroxylation sites is 1. The number of ether oxygens (including phenoxy) is 1. The first-order chi connectivity index (χ1) is 9.63. The minimum atomic E-state index is -0.230. The fourth-order valence-electron chi connectivity index (χ4n) is 2.10. The van der Waals surface area contributed by atoms with E-state index in [1.165, 1.54) is 11.5 Å². The number of rotatable bonds is 6. The van der Waals surface area contributed by atoms with E-state index in [1.54, 1.807) is 0 Å². The van der Waals surface area contributed by atoms with E-state index in [2.05, 4.69) is 16.5 Å². The first-order valence-corrected chi connectivity index (χ1v) is 7.73. The molecule has 0 saturated carbocycles. The number of aryl methyl sites for hydroxylation is 1. The Labute approximate surface area is 124 Å². The van der Waals surface area contributed by atoms with Gasteiger partial charge in [0.05, 0.1) is 22.7 Å². The second-order valence-corrected chi connectivity index (χ2v) is 5.80. The molecule has 0 aliphatic heterocycles. The van der Waals surface area contributed by atoms with Crippen LogP contribution in [0.4, 0.5) is 0 Å². The van der Waals surface area contributed by atoms with Gasteiger partial charge in [0.25, 0.3) is 0 Å². The van der Waals surface area contributed by atoms with E-state index >= 15 is 0 Å². The molecule has 2 N–H and O–H groups in total. The van der Waals surface area contributed by atoms with Crippen LogP contribution in [0.3, 0.4) is 0 Å². The highest BCUT2D eigenvalue weighted by Gasteiger charge is 2.20. The molecule has 4 nitrogen and oxygen atoms in total. The van der Waals surface area contributed by atoms with Gasteiger partial charge in [0.15, 0.2) is 0 Å². The van der Waals surface area contributed by atoms with E-state index in [0.717, 1.165) is 34.7 Å². The molecule has 0 radical (unpaired) electrons. The van der Waals surface area contributed by atoms with Crippen molar-refractivity contribution >= 4 is 11.5 Å². The molecule has 1 atom stereocenters. The van der Waals surface area contributed by atoms with Gasteiger partial charge in [0.1, 0.15) is 5.75 Å². The van der Waals surface area contributed by atoms with Crippen molar-refractivity contribution in [1.29, 1.82) is 0 Å². The topological polar surface area (TPSA) is 61.0 Å². The molecular formula is C15H21N3OS. The largest absolute Gasteiger partial charge is 0.491 e. The lowest BCUT2D eigenvalue weighted by Crippen LogP contribution is -2.16. The first-order valence-electron chi connectivity index (χ1n) is 6.95. The van der Waals surface area contributed by atoms with Gasteiger partial charge in [0, 0.05) is 5.56 Å². The molecule has 1 unspecified atom stereocenters. The van der Waals surface area contributed by atoms with E-state index in [-0.39, 0.29) is 12.1 Å². The summed E-state index contributed by atoms with van der Waals surface area (Å²) in [5.74, 6) is 0.839. The maximum Gasteiger partial charge on any atom is 0.124 e. The van der Waals surface area contributed by atoms with Gasteiger partial charge < -0.3 is 10.5 Å². The van der Waals surface area contributed by atoms with Crippen LogP contribution in [-0.4, -0.2) is 15.7 Å². The molecule has 1 aromatic carbocycles. The minimum absolute atomic E-state index is 0.123. The molecule has 108 valence electrons. The average molecular weight is 291 g/mol. The normalized spacial score (nSPS) is 12.7. The van der Waals surface area contributed by atoms with Crippen molar-refractivity contribution in [2.75, 3.05) is 0 Å². The summed E-state index contributed by atoms with van der Waals surface area (Å²) in [6.45, 7) is 6.16. The van der Waals surface area contributed by atoms with Crippen LogP contribution < -0.4 is 10.5 Å². The van der Waals surface area contributed by atoms with Gasteiger partial charge in [-0.2, -0.15) is 0 Å². The summed E-state index contributed by atoms with van der Waals surface area (Å²) < 4.78 is 9.90. The summed E-state index contributed by atoms with van der Waals surface area (Å²) in [7, 11) is 0. The van der Waals surface area contributed by atoms with Crippen molar-refractivity contribution in [3.63, 3.8) is 0 Å². The second-order valence-electron chi connectivity index (χ2n) is 5.02. The summed E-state index contributed by atoms with van der Waals surface area (Å²) in [6, 6.07) is 7.69. The molecule has 0 spiro atoms. The summed E-state index contributed by atoms with van der Waals surface area (Å²) in [5, 5.41) is 4.19. The van der Waals surface area contributed by atoms with Gasteiger partial charge in [-0.05, 0) is 37.9 Å². The minimum Gasteiger partial charge on any atom is -0.491 e. The van der Waals surface area contributed by atoms with E-state index in [0.29, 0.717) is 0 Å². The van der Waals surface area contributed by atoms with Crippen LogP contribution in [-0.2, 0) is 6.42 Å². The van der Waals surface area contributed by atoms with Crippen molar-refractivity contribution in [1.82, 2.24) is 9.59 Å². The molecule has 2 aromatic rings. The Bertz CT molecular complexity index is 554. The van der Waals surface area contributed by atoms with E-state index in [9.17, 15) is 0 Å². The standard InChI is InChI=1S/C15H21N3OS/c1-4-7-12-15(20-18-17-12)14(16)11-8-5-6-9-13(11)19-10(2)3/h5-6,8-10,14H,4,7,16H2,1-3H3. The number of hydrogen-bond donors (Lipinski definition) is 1. The molecule has 1 heterocycles. The molecule has 2 rings (SSSR count). The summed E-state index contributed by atoms with van der Waals surface area (Å²) in [6.07, 6.45) is 2.07. The number of hydrogen-bond acceptors (Lipinski definition) is 5. The Kier molecular flexibility index (Phi) is 5.09. The quantitative estimate of drug-likeness (QED) is 0.887. The van der Waals surface area contributed by atoms with E-state index in [4.69, 9.17) is 10.5 Å². The van der Waals surface area contributed by atoms with Crippen LogP contribution in [0.5, 0.6) is 5.75 Å². The van der Waals surface area contributed by atoms with Gasteiger partial charge >= 0.3 is 0 Å². The summed E-state index contributed by atoms with van der Waals surface area (Å²) in [5.41, 5.74) is 8.41. The third-order valence-electron chi connectivity index (χ3n) is 2.97. The maximum atomic E-state index is 6.42.